The summed E-state index contributed by atoms with van der Waals surface area (Å²) in [5.74, 6) is -1.53. The Bertz CT molecular complexity index is 1050. The fourth-order valence-corrected chi connectivity index (χ4v) is 3.03. The first-order chi connectivity index (χ1) is 13.4. The topological polar surface area (TPSA) is 92.4 Å². The SMILES string of the molecule is CCC(C)Cc1ccc(-c2ccccc2-n2cc(O)c(=O)c(C(=O)O)n2)cc1. The predicted molar refractivity (Wildman–Crippen MR) is 107 cm³/mol. The minimum absolute atomic E-state index is 0.565. The molecule has 0 saturated carbocycles. The second-order valence-corrected chi connectivity index (χ2v) is 6.87. The van der Waals surface area contributed by atoms with Gasteiger partial charge in [0.25, 0.3) is 5.43 Å². The van der Waals surface area contributed by atoms with Crippen LogP contribution in [0, 0.1) is 5.92 Å². The summed E-state index contributed by atoms with van der Waals surface area (Å²) in [7, 11) is 0. The minimum Gasteiger partial charge on any atom is -0.503 e. The van der Waals surface area contributed by atoms with Crippen molar-refractivity contribution < 1.29 is 15.0 Å². The van der Waals surface area contributed by atoms with Crippen molar-refractivity contribution in [3.8, 4) is 22.6 Å². The van der Waals surface area contributed by atoms with Crippen molar-refractivity contribution in [3.63, 3.8) is 0 Å². The van der Waals surface area contributed by atoms with Gasteiger partial charge in [0, 0.05) is 5.56 Å². The molecule has 2 N–H and O–H groups in total. The quantitative estimate of drug-likeness (QED) is 0.679. The summed E-state index contributed by atoms with van der Waals surface area (Å²) >= 11 is 0. The van der Waals surface area contributed by atoms with Crippen molar-refractivity contribution in [1.82, 2.24) is 9.78 Å². The molecule has 0 amide bonds. The molecular formula is C22H22N2O4. The number of aromatic nitrogens is 2. The molecule has 6 nitrogen and oxygen atoms in total. The minimum atomic E-state index is -1.48. The predicted octanol–water partition coefficient (Wildman–Crippen LogP) is 3.89. The van der Waals surface area contributed by atoms with Crippen molar-refractivity contribution in [1.29, 1.82) is 0 Å². The van der Waals surface area contributed by atoms with Crippen LogP contribution in [0.4, 0.5) is 0 Å². The van der Waals surface area contributed by atoms with E-state index in [1.165, 1.54) is 10.2 Å². The molecule has 3 aromatic rings. The maximum absolute atomic E-state index is 11.8. The number of rotatable bonds is 6. The fourth-order valence-electron chi connectivity index (χ4n) is 3.03. The largest absolute Gasteiger partial charge is 0.503 e. The standard InChI is InChI=1S/C22H22N2O4/c1-3-14(2)12-15-8-10-16(11-9-15)17-6-4-5-7-18(17)24-13-19(25)21(26)20(23-24)22(27)28/h4-11,13-14,25H,3,12H2,1-2H3,(H,27,28). The number of hydrogen-bond acceptors (Lipinski definition) is 4. The highest BCUT2D eigenvalue weighted by atomic mass is 16.4. The van der Waals surface area contributed by atoms with Crippen LogP contribution in [-0.2, 0) is 6.42 Å². The zero-order chi connectivity index (χ0) is 20.3. The smallest absolute Gasteiger partial charge is 0.360 e. The lowest BCUT2D eigenvalue weighted by Gasteiger charge is -2.14. The number of aromatic carboxylic acids is 1. The number of nitrogens with zero attached hydrogens (tertiary/aromatic N) is 2. The lowest BCUT2D eigenvalue weighted by atomic mass is 9.96. The Labute approximate surface area is 162 Å². The van der Waals surface area contributed by atoms with E-state index in [0.717, 1.165) is 30.2 Å². The van der Waals surface area contributed by atoms with Crippen LogP contribution in [0.2, 0.25) is 0 Å². The average molecular weight is 378 g/mol. The van der Waals surface area contributed by atoms with Crippen LogP contribution in [0.25, 0.3) is 16.8 Å². The van der Waals surface area contributed by atoms with Crippen molar-refractivity contribution >= 4 is 5.97 Å². The zero-order valence-corrected chi connectivity index (χ0v) is 15.8. The molecule has 144 valence electrons. The summed E-state index contributed by atoms with van der Waals surface area (Å²) in [6.45, 7) is 4.39. The molecule has 6 heteroatoms. The highest BCUT2D eigenvalue weighted by Gasteiger charge is 2.17. The Morgan fingerprint density at radius 2 is 1.82 bits per heavy atom. The van der Waals surface area contributed by atoms with E-state index in [4.69, 9.17) is 0 Å². The molecule has 0 fully saturated rings. The van der Waals surface area contributed by atoms with Crippen LogP contribution in [0.15, 0.2) is 59.5 Å². The highest BCUT2D eigenvalue weighted by Crippen LogP contribution is 2.27. The van der Waals surface area contributed by atoms with Crippen molar-refractivity contribution in [2.24, 2.45) is 5.92 Å². The van der Waals surface area contributed by atoms with Gasteiger partial charge in [0.2, 0.25) is 5.69 Å². The summed E-state index contributed by atoms with van der Waals surface area (Å²) in [5, 5.41) is 22.9. The number of hydrogen-bond donors (Lipinski definition) is 2. The van der Waals surface area contributed by atoms with Gasteiger partial charge in [-0.25, -0.2) is 9.48 Å². The molecule has 0 saturated heterocycles. The van der Waals surface area contributed by atoms with E-state index in [-0.39, 0.29) is 0 Å². The molecule has 1 aromatic heterocycles. The van der Waals surface area contributed by atoms with Crippen molar-refractivity contribution in [2.75, 3.05) is 0 Å². The van der Waals surface area contributed by atoms with Gasteiger partial charge in [0.15, 0.2) is 5.75 Å². The van der Waals surface area contributed by atoms with Crippen LogP contribution < -0.4 is 5.43 Å². The molecule has 3 rings (SSSR count). The molecule has 0 aliphatic heterocycles. The Balaban J connectivity index is 2.06. The Kier molecular flexibility index (Phi) is 5.59. The summed E-state index contributed by atoms with van der Waals surface area (Å²) in [5.41, 5.74) is 1.83. The van der Waals surface area contributed by atoms with Crippen LogP contribution in [0.5, 0.6) is 5.75 Å². The van der Waals surface area contributed by atoms with Crippen molar-refractivity contribution in [2.45, 2.75) is 26.7 Å². The first-order valence-corrected chi connectivity index (χ1v) is 9.15. The molecule has 0 radical (unpaired) electrons. The van der Waals surface area contributed by atoms with Gasteiger partial charge >= 0.3 is 5.97 Å². The molecule has 1 heterocycles. The third-order valence-corrected chi connectivity index (χ3v) is 4.80. The van der Waals surface area contributed by atoms with Gasteiger partial charge in [0.05, 0.1) is 11.9 Å². The van der Waals surface area contributed by atoms with Gasteiger partial charge < -0.3 is 10.2 Å². The third kappa shape index (κ3) is 3.96. The number of carbonyl (C=O) groups is 1. The number of para-hydroxylation sites is 1. The molecule has 0 aliphatic rings. The molecule has 0 spiro atoms. The number of carboxylic acids is 1. The van der Waals surface area contributed by atoms with E-state index in [1.807, 2.05) is 24.3 Å². The van der Waals surface area contributed by atoms with Crippen LogP contribution in [0.1, 0.15) is 36.3 Å². The number of aromatic hydroxyl groups is 1. The molecular weight excluding hydrogens is 356 g/mol. The van der Waals surface area contributed by atoms with Crippen LogP contribution >= 0.6 is 0 Å². The number of benzene rings is 2. The zero-order valence-electron chi connectivity index (χ0n) is 15.8. The molecule has 0 bridgehead atoms. The van der Waals surface area contributed by atoms with Gasteiger partial charge in [-0.1, -0.05) is 62.7 Å². The molecule has 2 aromatic carbocycles. The summed E-state index contributed by atoms with van der Waals surface area (Å²) in [4.78, 5) is 23.1. The lowest BCUT2D eigenvalue weighted by molar-refractivity contribution is 0.0686. The van der Waals surface area contributed by atoms with Crippen LogP contribution in [0.3, 0.4) is 0 Å². The summed E-state index contributed by atoms with van der Waals surface area (Å²) in [6, 6.07) is 15.5. The first-order valence-electron chi connectivity index (χ1n) is 9.15. The Morgan fingerprint density at radius 3 is 2.46 bits per heavy atom. The lowest BCUT2D eigenvalue weighted by Crippen LogP contribution is -2.21. The molecule has 0 aliphatic carbocycles. The average Bonchev–Trinajstić information content (AvgIpc) is 2.70. The summed E-state index contributed by atoms with van der Waals surface area (Å²) in [6.07, 6.45) is 3.26. The van der Waals surface area contributed by atoms with Gasteiger partial charge in [0.1, 0.15) is 0 Å². The fraction of sp³-hybridized carbons (Fsp3) is 0.227. The van der Waals surface area contributed by atoms with E-state index in [0.29, 0.717) is 11.6 Å². The van der Waals surface area contributed by atoms with E-state index in [2.05, 4.69) is 31.1 Å². The van der Waals surface area contributed by atoms with Gasteiger partial charge in [-0.2, -0.15) is 5.10 Å². The monoisotopic (exact) mass is 378 g/mol. The summed E-state index contributed by atoms with van der Waals surface area (Å²) < 4.78 is 1.22. The first kappa shape index (κ1) is 19.4. The van der Waals surface area contributed by atoms with Crippen LogP contribution in [-0.4, -0.2) is 26.0 Å². The molecule has 28 heavy (non-hydrogen) atoms. The Hall–Kier alpha value is -3.41. The Morgan fingerprint density at radius 1 is 1.14 bits per heavy atom. The van der Waals surface area contributed by atoms with Gasteiger partial charge in [-0.15, -0.1) is 0 Å². The maximum atomic E-state index is 11.8. The van der Waals surface area contributed by atoms with E-state index in [1.54, 1.807) is 12.1 Å². The van der Waals surface area contributed by atoms with E-state index in [9.17, 15) is 19.8 Å². The number of carboxylic acid groups (broad SMARTS) is 1. The van der Waals surface area contributed by atoms with Gasteiger partial charge in [-0.3, -0.25) is 4.79 Å². The maximum Gasteiger partial charge on any atom is 0.360 e. The normalized spacial score (nSPS) is 11.9. The highest BCUT2D eigenvalue weighted by molar-refractivity contribution is 5.85. The molecule has 1 unspecified atom stereocenters. The third-order valence-electron chi connectivity index (χ3n) is 4.80. The second-order valence-electron chi connectivity index (χ2n) is 6.87. The van der Waals surface area contributed by atoms with Gasteiger partial charge in [-0.05, 0) is 29.5 Å². The van der Waals surface area contributed by atoms with E-state index < -0.39 is 22.8 Å². The second kappa shape index (κ2) is 8.08. The van der Waals surface area contributed by atoms with Crippen molar-refractivity contribution in [3.05, 3.63) is 76.2 Å². The van der Waals surface area contributed by atoms with E-state index >= 15 is 0 Å². The molecule has 1 atom stereocenters.